The molecule has 1 aromatic rings. The first-order valence-corrected chi connectivity index (χ1v) is 7.24. The molecule has 0 heterocycles. The third kappa shape index (κ3) is 4.96. The molecule has 19 heavy (non-hydrogen) atoms. The standard InChI is InChI=1S/C17H31N2/c1-17(2,3)16(19(4,5)6)13-12-15(18)14-10-8-7-9-11-14/h7-11,15-16H,12-13,18H2,1-6H3/q+1. The van der Waals surface area contributed by atoms with E-state index in [2.05, 4.69) is 66.2 Å². The molecular weight excluding hydrogens is 232 g/mol. The number of hydrogen-bond donors (Lipinski definition) is 1. The van der Waals surface area contributed by atoms with Crippen LogP contribution in [0.4, 0.5) is 0 Å². The summed E-state index contributed by atoms with van der Waals surface area (Å²) in [5, 5.41) is 0. The quantitative estimate of drug-likeness (QED) is 0.807. The highest BCUT2D eigenvalue weighted by Crippen LogP contribution is 2.31. The molecule has 0 bridgehead atoms. The van der Waals surface area contributed by atoms with Crippen molar-refractivity contribution in [2.24, 2.45) is 11.1 Å². The minimum absolute atomic E-state index is 0.151. The largest absolute Gasteiger partial charge is 0.328 e. The van der Waals surface area contributed by atoms with Crippen molar-refractivity contribution in [1.82, 2.24) is 0 Å². The van der Waals surface area contributed by atoms with Gasteiger partial charge in [-0.05, 0) is 12.0 Å². The fourth-order valence-corrected chi connectivity index (χ4v) is 3.19. The van der Waals surface area contributed by atoms with Gasteiger partial charge in [-0.2, -0.15) is 0 Å². The molecule has 0 amide bonds. The second kappa shape index (κ2) is 6.06. The molecule has 108 valence electrons. The molecule has 0 spiro atoms. The highest BCUT2D eigenvalue weighted by atomic mass is 15.3. The molecule has 2 N–H and O–H groups in total. The predicted octanol–water partition coefficient (Wildman–Crippen LogP) is 3.59. The molecule has 0 aliphatic rings. The van der Waals surface area contributed by atoms with Crippen LogP contribution in [0.1, 0.15) is 45.2 Å². The van der Waals surface area contributed by atoms with Gasteiger partial charge in [0.15, 0.2) is 0 Å². The lowest BCUT2D eigenvalue weighted by atomic mass is 9.81. The van der Waals surface area contributed by atoms with Gasteiger partial charge in [0.1, 0.15) is 0 Å². The van der Waals surface area contributed by atoms with E-state index in [0.717, 1.165) is 17.3 Å². The lowest BCUT2D eigenvalue weighted by molar-refractivity contribution is -0.903. The topological polar surface area (TPSA) is 26.0 Å². The molecule has 2 nitrogen and oxygen atoms in total. The van der Waals surface area contributed by atoms with Gasteiger partial charge >= 0.3 is 0 Å². The first kappa shape index (κ1) is 16.2. The normalized spacial score (nSPS) is 16.2. The summed E-state index contributed by atoms with van der Waals surface area (Å²) in [6.45, 7) is 6.99. The maximum Gasteiger partial charge on any atom is 0.0933 e. The van der Waals surface area contributed by atoms with Crippen LogP contribution in [0.5, 0.6) is 0 Å². The van der Waals surface area contributed by atoms with Crippen molar-refractivity contribution in [2.75, 3.05) is 21.1 Å². The molecule has 0 fully saturated rings. The number of quaternary nitrogens is 1. The summed E-state index contributed by atoms with van der Waals surface area (Å²) in [5.74, 6) is 0. The molecule has 0 saturated heterocycles. The van der Waals surface area contributed by atoms with E-state index in [9.17, 15) is 0 Å². The second-order valence-corrected chi connectivity index (χ2v) is 7.59. The first-order valence-electron chi connectivity index (χ1n) is 7.24. The number of nitrogens with zero attached hydrogens (tertiary/aromatic N) is 1. The molecule has 0 aliphatic carbocycles. The molecule has 2 atom stereocenters. The third-order valence-corrected chi connectivity index (χ3v) is 3.91. The van der Waals surface area contributed by atoms with Gasteiger partial charge in [0.25, 0.3) is 0 Å². The fraction of sp³-hybridized carbons (Fsp3) is 0.647. The molecule has 0 aliphatic heterocycles. The van der Waals surface area contributed by atoms with Crippen molar-refractivity contribution in [1.29, 1.82) is 0 Å². The summed E-state index contributed by atoms with van der Waals surface area (Å²) >= 11 is 0. The van der Waals surface area contributed by atoms with Gasteiger partial charge in [-0.25, -0.2) is 0 Å². The highest BCUT2D eigenvalue weighted by molar-refractivity contribution is 5.18. The van der Waals surface area contributed by atoms with Gasteiger partial charge < -0.3 is 10.2 Å². The van der Waals surface area contributed by atoms with Crippen molar-refractivity contribution in [3.8, 4) is 0 Å². The summed E-state index contributed by atoms with van der Waals surface area (Å²) in [7, 11) is 6.85. The van der Waals surface area contributed by atoms with E-state index in [1.54, 1.807) is 0 Å². The van der Waals surface area contributed by atoms with Crippen LogP contribution in [0.25, 0.3) is 0 Å². The van der Waals surface area contributed by atoms with Crippen LogP contribution in [0.15, 0.2) is 30.3 Å². The lowest BCUT2D eigenvalue weighted by Gasteiger charge is -2.42. The maximum absolute atomic E-state index is 6.32. The van der Waals surface area contributed by atoms with Crippen LogP contribution in [0.3, 0.4) is 0 Å². The van der Waals surface area contributed by atoms with E-state index in [0.29, 0.717) is 11.5 Å². The average Bonchev–Trinajstić information content (AvgIpc) is 2.26. The Morgan fingerprint density at radius 1 is 1.00 bits per heavy atom. The van der Waals surface area contributed by atoms with Gasteiger partial charge in [-0.3, -0.25) is 0 Å². The van der Waals surface area contributed by atoms with Crippen LogP contribution in [-0.2, 0) is 0 Å². The Hall–Kier alpha value is -0.860. The van der Waals surface area contributed by atoms with Crippen molar-refractivity contribution < 1.29 is 4.48 Å². The second-order valence-electron chi connectivity index (χ2n) is 7.59. The monoisotopic (exact) mass is 263 g/mol. The Kier molecular flexibility index (Phi) is 5.17. The van der Waals surface area contributed by atoms with Gasteiger partial charge in [0, 0.05) is 17.9 Å². The van der Waals surface area contributed by atoms with Crippen molar-refractivity contribution >= 4 is 0 Å². The molecule has 2 unspecified atom stereocenters. The van der Waals surface area contributed by atoms with E-state index in [1.165, 1.54) is 5.56 Å². The van der Waals surface area contributed by atoms with Crippen LogP contribution in [0.2, 0.25) is 0 Å². The minimum atomic E-state index is 0.151. The molecule has 1 rings (SSSR count). The van der Waals surface area contributed by atoms with Crippen molar-refractivity contribution in [3.05, 3.63) is 35.9 Å². The number of hydrogen-bond acceptors (Lipinski definition) is 1. The Bertz CT molecular complexity index is 356. The third-order valence-electron chi connectivity index (χ3n) is 3.91. The average molecular weight is 263 g/mol. The number of rotatable bonds is 5. The molecule has 1 aromatic carbocycles. The van der Waals surface area contributed by atoms with E-state index in [4.69, 9.17) is 5.73 Å². The van der Waals surface area contributed by atoms with E-state index >= 15 is 0 Å². The molecular formula is C17H31N2+. The summed E-state index contributed by atoms with van der Waals surface area (Å²) in [6.07, 6.45) is 2.20. The van der Waals surface area contributed by atoms with Crippen LogP contribution >= 0.6 is 0 Å². The fourth-order valence-electron chi connectivity index (χ4n) is 3.19. The Morgan fingerprint density at radius 2 is 1.53 bits per heavy atom. The molecule has 0 aromatic heterocycles. The zero-order valence-corrected chi connectivity index (χ0v) is 13.5. The predicted molar refractivity (Wildman–Crippen MR) is 83.9 cm³/mol. The van der Waals surface area contributed by atoms with E-state index in [-0.39, 0.29) is 6.04 Å². The summed E-state index contributed by atoms with van der Waals surface area (Å²) in [6, 6.07) is 11.2. The van der Waals surface area contributed by atoms with E-state index in [1.807, 2.05) is 6.07 Å². The maximum atomic E-state index is 6.32. The lowest BCUT2D eigenvalue weighted by Crippen LogP contribution is -2.52. The smallest absolute Gasteiger partial charge is 0.0933 e. The Labute approximate surface area is 119 Å². The van der Waals surface area contributed by atoms with Crippen LogP contribution < -0.4 is 5.73 Å². The number of nitrogens with two attached hydrogens (primary N) is 1. The van der Waals surface area contributed by atoms with Crippen LogP contribution in [0, 0.1) is 5.41 Å². The highest BCUT2D eigenvalue weighted by Gasteiger charge is 2.35. The first-order chi connectivity index (χ1) is 8.62. The Morgan fingerprint density at radius 3 is 1.95 bits per heavy atom. The zero-order valence-electron chi connectivity index (χ0n) is 13.5. The summed E-state index contributed by atoms with van der Waals surface area (Å²) in [5.41, 5.74) is 7.87. The minimum Gasteiger partial charge on any atom is -0.328 e. The van der Waals surface area contributed by atoms with Gasteiger partial charge in [0.05, 0.1) is 27.2 Å². The molecule has 0 radical (unpaired) electrons. The van der Waals surface area contributed by atoms with Crippen LogP contribution in [-0.4, -0.2) is 31.7 Å². The Balaban J connectivity index is 2.68. The molecule has 2 heteroatoms. The summed E-state index contributed by atoms with van der Waals surface area (Å²) < 4.78 is 0.991. The van der Waals surface area contributed by atoms with Crippen molar-refractivity contribution in [2.45, 2.75) is 45.7 Å². The van der Waals surface area contributed by atoms with Crippen molar-refractivity contribution in [3.63, 3.8) is 0 Å². The van der Waals surface area contributed by atoms with Gasteiger partial charge in [-0.15, -0.1) is 0 Å². The summed E-state index contributed by atoms with van der Waals surface area (Å²) in [4.78, 5) is 0. The van der Waals surface area contributed by atoms with E-state index < -0.39 is 0 Å². The number of benzene rings is 1. The zero-order chi connectivity index (χ0) is 14.7. The molecule has 0 saturated carbocycles. The van der Waals surface area contributed by atoms with Gasteiger partial charge in [-0.1, -0.05) is 51.1 Å². The SMILES string of the molecule is CC(C)(C)C(CCC(N)c1ccccc1)[N+](C)(C)C. The van der Waals surface area contributed by atoms with Gasteiger partial charge in [0.2, 0.25) is 0 Å².